The molecule has 2 atom stereocenters. The zero-order chi connectivity index (χ0) is 20.4. The van der Waals surface area contributed by atoms with Crippen molar-refractivity contribution in [2.45, 2.75) is 25.1 Å². The van der Waals surface area contributed by atoms with E-state index in [0.29, 0.717) is 16.4 Å². The van der Waals surface area contributed by atoms with Gasteiger partial charge in [0.15, 0.2) is 5.17 Å². The van der Waals surface area contributed by atoms with E-state index >= 15 is 0 Å². The predicted molar refractivity (Wildman–Crippen MR) is 103 cm³/mol. The zero-order valence-electron chi connectivity index (χ0n) is 15.6. The van der Waals surface area contributed by atoms with Crippen LogP contribution < -0.4 is 0 Å². The number of hydrogen-bond acceptors (Lipinski definition) is 8. The van der Waals surface area contributed by atoms with Crippen molar-refractivity contribution in [1.82, 2.24) is 4.90 Å². The molecule has 148 valence electrons. The Morgan fingerprint density at radius 3 is 2.82 bits per heavy atom. The molecule has 2 aliphatic rings. The number of carbonyl (C=O) groups excluding carboxylic acids is 2. The highest BCUT2D eigenvalue weighted by Crippen LogP contribution is 2.43. The molecule has 9 nitrogen and oxygen atoms in total. The molecule has 10 heteroatoms. The summed E-state index contributed by atoms with van der Waals surface area (Å²) >= 11 is 1.29. The molecule has 2 aliphatic heterocycles. The molecule has 2 heterocycles. The highest BCUT2D eigenvalue weighted by Gasteiger charge is 2.46. The lowest BCUT2D eigenvalue weighted by atomic mass is 9.94. The number of esters is 1. The van der Waals surface area contributed by atoms with Crippen molar-refractivity contribution in [3.63, 3.8) is 0 Å². The highest BCUT2D eigenvalue weighted by atomic mass is 32.2. The topological polar surface area (TPSA) is 111 Å². The fourth-order valence-corrected chi connectivity index (χ4v) is 4.11. The number of allylic oxidation sites excluding steroid dienone is 1. The summed E-state index contributed by atoms with van der Waals surface area (Å²) in [6.45, 7) is 3.69. The van der Waals surface area contributed by atoms with Gasteiger partial charge in [0, 0.05) is 19.2 Å². The fourth-order valence-electron chi connectivity index (χ4n) is 3.08. The Morgan fingerprint density at radius 1 is 1.39 bits per heavy atom. The molecule has 28 heavy (non-hydrogen) atoms. The summed E-state index contributed by atoms with van der Waals surface area (Å²) < 4.78 is 10.2. The Balaban J connectivity index is 2.08. The van der Waals surface area contributed by atoms with Crippen molar-refractivity contribution < 1.29 is 24.0 Å². The number of nitro groups is 1. The van der Waals surface area contributed by atoms with E-state index in [9.17, 15) is 19.7 Å². The number of thioether (sulfide) groups is 1. The predicted octanol–water partition coefficient (Wildman–Crippen LogP) is 2.43. The average molecular weight is 405 g/mol. The van der Waals surface area contributed by atoms with Crippen molar-refractivity contribution in [1.29, 1.82) is 0 Å². The van der Waals surface area contributed by atoms with Gasteiger partial charge in [-0.1, -0.05) is 23.9 Å². The van der Waals surface area contributed by atoms with Gasteiger partial charge in [0.05, 0.1) is 34.1 Å². The summed E-state index contributed by atoms with van der Waals surface area (Å²) in [5.74, 6) is -0.846. The number of benzene rings is 1. The maximum Gasteiger partial charge on any atom is 0.338 e. The van der Waals surface area contributed by atoms with Crippen LogP contribution in [0, 0.1) is 10.1 Å². The van der Waals surface area contributed by atoms with Crippen molar-refractivity contribution in [2.75, 3.05) is 20.3 Å². The van der Waals surface area contributed by atoms with Gasteiger partial charge < -0.3 is 9.47 Å². The third-order valence-electron chi connectivity index (χ3n) is 4.40. The molecule has 1 aromatic rings. The Bertz CT molecular complexity index is 897. The second kappa shape index (κ2) is 8.11. The standard InChI is InChI=1S/C18H19N3O6S/c1-10-14(17(23)27-8-7-26-3)15(12-5-4-6-13(9-12)21(24)25)20-16(22)11(2)28-18(20)19-10/h4-6,9,11,15H,7-8H2,1-3H3/t11-,15+/m0/s1. The monoisotopic (exact) mass is 405 g/mol. The molecule has 0 unspecified atom stereocenters. The quantitative estimate of drug-likeness (QED) is 0.309. The summed E-state index contributed by atoms with van der Waals surface area (Å²) in [4.78, 5) is 42.1. The summed E-state index contributed by atoms with van der Waals surface area (Å²) in [6.07, 6.45) is 0. The second-order valence-electron chi connectivity index (χ2n) is 6.25. The van der Waals surface area contributed by atoms with Gasteiger partial charge in [0.1, 0.15) is 6.61 Å². The maximum atomic E-state index is 12.8. The first-order valence-corrected chi connectivity index (χ1v) is 9.42. The molecule has 0 N–H and O–H groups in total. The Morgan fingerprint density at radius 2 is 2.14 bits per heavy atom. The van der Waals surface area contributed by atoms with Crippen LogP contribution in [0.25, 0.3) is 0 Å². The number of non-ortho nitro benzene ring substituents is 1. The molecule has 0 saturated carbocycles. The largest absolute Gasteiger partial charge is 0.460 e. The number of amidine groups is 1. The van der Waals surface area contributed by atoms with Crippen LogP contribution in [0.15, 0.2) is 40.5 Å². The first-order valence-electron chi connectivity index (χ1n) is 8.54. The second-order valence-corrected chi connectivity index (χ2v) is 7.55. The lowest BCUT2D eigenvalue weighted by Gasteiger charge is -2.32. The van der Waals surface area contributed by atoms with E-state index in [1.54, 1.807) is 19.9 Å². The van der Waals surface area contributed by atoms with Crippen LogP contribution in [0.2, 0.25) is 0 Å². The zero-order valence-corrected chi connectivity index (χ0v) is 16.4. The molecule has 1 fully saturated rings. The molecule has 0 bridgehead atoms. The number of aliphatic imine (C=N–C) groups is 1. The van der Waals surface area contributed by atoms with Crippen LogP contribution in [0.4, 0.5) is 5.69 Å². The number of rotatable bonds is 6. The van der Waals surface area contributed by atoms with Gasteiger partial charge >= 0.3 is 5.97 Å². The van der Waals surface area contributed by atoms with E-state index in [1.807, 2.05) is 0 Å². The number of nitrogens with zero attached hydrogens (tertiary/aromatic N) is 3. The molecule has 0 spiro atoms. The van der Waals surface area contributed by atoms with Crippen LogP contribution in [-0.2, 0) is 19.1 Å². The summed E-state index contributed by atoms with van der Waals surface area (Å²) in [7, 11) is 1.49. The molecule has 1 saturated heterocycles. The average Bonchev–Trinajstić information content (AvgIpc) is 2.94. The molecule has 0 aliphatic carbocycles. The van der Waals surface area contributed by atoms with E-state index in [2.05, 4.69) is 4.99 Å². The highest BCUT2D eigenvalue weighted by molar-refractivity contribution is 8.15. The van der Waals surface area contributed by atoms with E-state index in [1.165, 1.54) is 42.0 Å². The minimum Gasteiger partial charge on any atom is -0.460 e. The summed E-state index contributed by atoms with van der Waals surface area (Å²) in [6, 6.07) is 5.06. The molecule has 1 aromatic carbocycles. The number of ether oxygens (including phenoxy) is 2. The van der Waals surface area contributed by atoms with Gasteiger partial charge in [-0.3, -0.25) is 19.8 Å². The van der Waals surface area contributed by atoms with Gasteiger partial charge in [-0.25, -0.2) is 9.79 Å². The van der Waals surface area contributed by atoms with Crippen LogP contribution in [0.3, 0.4) is 0 Å². The van der Waals surface area contributed by atoms with E-state index < -0.39 is 16.9 Å². The molecular formula is C18H19N3O6S. The Labute approximate surface area is 165 Å². The smallest absolute Gasteiger partial charge is 0.338 e. The number of carbonyl (C=O) groups is 2. The summed E-state index contributed by atoms with van der Waals surface area (Å²) in [5.41, 5.74) is 0.921. The van der Waals surface area contributed by atoms with E-state index in [0.717, 1.165) is 0 Å². The lowest BCUT2D eigenvalue weighted by Crippen LogP contribution is -2.40. The fraction of sp³-hybridized carbons (Fsp3) is 0.389. The van der Waals surface area contributed by atoms with Gasteiger partial charge in [-0.15, -0.1) is 0 Å². The number of nitro benzene ring substituents is 1. The van der Waals surface area contributed by atoms with Crippen molar-refractivity contribution in [3.05, 3.63) is 51.2 Å². The first kappa shape index (κ1) is 20.0. The Kier molecular flexibility index (Phi) is 5.80. The number of hydrogen-bond donors (Lipinski definition) is 0. The molecular weight excluding hydrogens is 386 g/mol. The van der Waals surface area contributed by atoms with E-state index in [-0.39, 0.29) is 35.6 Å². The normalized spacial score (nSPS) is 21.5. The SMILES string of the molecule is COCCOC(=O)C1=C(C)N=C2S[C@@H](C)C(=O)N2[C@@H]1c1cccc([N+](=O)[O-])c1. The van der Waals surface area contributed by atoms with Crippen LogP contribution in [-0.4, -0.2) is 52.4 Å². The first-order chi connectivity index (χ1) is 13.3. The molecule has 0 radical (unpaired) electrons. The van der Waals surface area contributed by atoms with Gasteiger partial charge in [-0.2, -0.15) is 0 Å². The number of fused-ring (bicyclic) bond motifs is 1. The van der Waals surface area contributed by atoms with Crippen LogP contribution in [0.1, 0.15) is 25.5 Å². The number of amides is 1. The lowest BCUT2D eigenvalue weighted by molar-refractivity contribution is -0.384. The number of methoxy groups -OCH3 is 1. The molecule has 1 amide bonds. The Hall–Kier alpha value is -2.72. The van der Waals surface area contributed by atoms with Crippen molar-refractivity contribution in [2.24, 2.45) is 4.99 Å². The molecule has 0 aromatic heterocycles. The van der Waals surface area contributed by atoms with Gasteiger partial charge in [-0.05, 0) is 19.4 Å². The van der Waals surface area contributed by atoms with E-state index in [4.69, 9.17) is 9.47 Å². The summed E-state index contributed by atoms with van der Waals surface area (Å²) in [5, 5.41) is 11.3. The van der Waals surface area contributed by atoms with Gasteiger partial charge in [0.25, 0.3) is 5.69 Å². The van der Waals surface area contributed by atoms with Crippen molar-refractivity contribution >= 4 is 34.5 Å². The minimum atomic E-state index is -0.840. The maximum absolute atomic E-state index is 12.8. The minimum absolute atomic E-state index is 0.0451. The molecule has 3 rings (SSSR count). The van der Waals surface area contributed by atoms with Crippen molar-refractivity contribution in [3.8, 4) is 0 Å². The van der Waals surface area contributed by atoms with Crippen LogP contribution in [0.5, 0.6) is 0 Å². The third-order valence-corrected chi connectivity index (χ3v) is 5.45. The van der Waals surface area contributed by atoms with Crippen LogP contribution >= 0.6 is 11.8 Å². The van der Waals surface area contributed by atoms with Gasteiger partial charge in [0.2, 0.25) is 5.91 Å². The third kappa shape index (κ3) is 3.65.